The standard InChI is InChI=1S/C21H22ClN/c1-15-11-18(22)7-10-21(15)17-12-19-8-9-20(13-17)23(19)14-16-5-3-2-4-6-16/h2-7,10-12,19-20H,8-9,13-14H2,1H3. The summed E-state index contributed by atoms with van der Waals surface area (Å²) in [5.74, 6) is 0. The highest BCUT2D eigenvalue weighted by atomic mass is 35.5. The zero-order valence-electron chi connectivity index (χ0n) is 13.5. The third kappa shape index (κ3) is 2.96. The lowest BCUT2D eigenvalue weighted by atomic mass is 9.91. The zero-order chi connectivity index (χ0) is 15.8. The SMILES string of the molecule is Cc1cc(Cl)ccc1C1=CC2CCC(C1)N2Cc1ccccc1. The zero-order valence-corrected chi connectivity index (χ0v) is 14.3. The number of hydrogen-bond acceptors (Lipinski definition) is 1. The fourth-order valence-electron chi connectivity index (χ4n) is 4.15. The highest BCUT2D eigenvalue weighted by molar-refractivity contribution is 6.30. The third-order valence-electron chi connectivity index (χ3n) is 5.28. The molecule has 2 atom stereocenters. The molecule has 1 saturated heterocycles. The molecule has 0 radical (unpaired) electrons. The smallest absolute Gasteiger partial charge is 0.0409 e. The Balaban J connectivity index is 1.59. The molecular formula is C21H22ClN. The molecule has 2 heteroatoms. The van der Waals surface area contributed by atoms with E-state index in [0.29, 0.717) is 12.1 Å². The summed E-state index contributed by atoms with van der Waals surface area (Å²) in [5, 5.41) is 0.830. The van der Waals surface area contributed by atoms with Gasteiger partial charge in [-0.15, -0.1) is 0 Å². The van der Waals surface area contributed by atoms with Crippen LogP contribution in [0.15, 0.2) is 54.6 Å². The molecule has 2 aromatic rings. The van der Waals surface area contributed by atoms with Gasteiger partial charge in [-0.3, -0.25) is 4.90 Å². The molecule has 1 fully saturated rings. The summed E-state index contributed by atoms with van der Waals surface area (Å²) in [7, 11) is 0. The minimum Gasteiger partial charge on any atom is -0.289 e. The maximum Gasteiger partial charge on any atom is 0.0409 e. The van der Waals surface area contributed by atoms with Crippen LogP contribution >= 0.6 is 11.6 Å². The third-order valence-corrected chi connectivity index (χ3v) is 5.52. The van der Waals surface area contributed by atoms with E-state index in [9.17, 15) is 0 Å². The number of rotatable bonds is 3. The Morgan fingerprint density at radius 1 is 1.09 bits per heavy atom. The maximum absolute atomic E-state index is 6.11. The van der Waals surface area contributed by atoms with Crippen molar-refractivity contribution in [3.8, 4) is 0 Å². The fourth-order valence-corrected chi connectivity index (χ4v) is 4.37. The van der Waals surface area contributed by atoms with Crippen molar-refractivity contribution in [3.05, 3.63) is 76.3 Å². The number of hydrogen-bond donors (Lipinski definition) is 0. The van der Waals surface area contributed by atoms with Gasteiger partial charge in [0.2, 0.25) is 0 Å². The summed E-state index contributed by atoms with van der Waals surface area (Å²) in [5.41, 5.74) is 5.60. The highest BCUT2D eigenvalue weighted by Gasteiger charge is 2.36. The quantitative estimate of drug-likeness (QED) is 0.724. The monoisotopic (exact) mass is 323 g/mol. The fraction of sp³-hybridized carbons (Fsp3) is 0.333. The molecule has 23 heavy (non-hydrogen) atoms. The average molecular weight is 324 g/mol. The van der Waals surface area contributed by atoms with Crippen molar-refractivity contribution in [2.45, 2.75) is 44.8 Å². The van der Waals surface area contributed by atoms with E-state index in [-0.39, 0.29) is 0 Å². The van der Waals surface area contributed by atoms with Crippen molar-refractivity contribution in [2.75, 3.05) is 0 Å². The number of halogens is 1. The Bertz CT molecular complexity index is 735. The Kier molecular flexibility index (Phi) is 4.00. The van der Waals surface area contributed by atoms with Crippen molar-refractivity contribution in [1.29, 1.82) is 0 Å². The van der Waals surface area contributed by atoms with E-state index in [1.165, 1.54) is 35.1 Å². The summed E-state index contributed by atoms with van der Waals surface area (Å²) in [6, 6.07) is 18.4. The van der Waals surface area contributed by atoms with Gasteiger partial charge in [0.15, 0.2) is 0 Å². The van der Waals surface area contributed by atoms with E-state index in [0.717, 1.165) is 18.0 Å². The van der Waals surface area contributed by atoms with Crippen molar-refractivity contribution in [3.63, 3.8) is 0 Å². The lowest BCUT2D eigenvalue weighted by molar-refractivity contribution is 0.203. The van der Waals surface area contributed by atoms with Crippen LogP contribution in [0.5, 0.6) is 0 Å². The molecule has 2 bridgehead atoms. The first-order valence-corrected chi connectivity index (χ1v) is 8.85. The van der Waals surface area contributed by atoms with Crippen LogP contribution in [0.4, 0.5) is 0 Å². The summed E-state index contributed by atoms with van der Waals surface area (Å²) in [6.07, 6.45) is 6.26. The Labute approximate surface area is 143 Å². The van der Waals surface area contributed by atoms with Gasteiger partial charge in [-0.2, -0.15) is 0 Å². The number of fused-ring (bicyclic) bond motifs is 2. The van der Waals surface area contributed by atoms with Crippen LogP contribution in [-0.4, -0.2) is 17.0 Å². The Morgan fingerprint density at radius 2 is 1.91 bits per heavy atom. The van der Waals surface area contributed by atoms with Crippen LogP contribution in [0, 0.1) is 6.92 Å². The summed E-state index contributed by atoms with van der Waals surface area (Å²) >= 11 is 6.11. The molecule has 0 aliphatic carbocycles. The topological polar surface area (TPSA) is 3.24 Å². The van der Waals surface area contributed by atoms with Crippen LogP contribution in [-0.2, 0) is 6.54 Å². The number of aryl methyl sites for hydroxylation is 1. The molecule has 2 aromatic carbocycles. The molecule has 0 aromatic heterocycles. The van der Waals surface area contributed by atoms with E-state index in [2.05, 4.69) is 60.4 Å². The predicted molar refractivity (Wildman–Crippen MR) is 97.6 cm³/mol. The second kappa shape index (κ2) is 6.14. The van der Waals surface area contributed by atoms with Crippen LogP contribution < -0.4 is 0 Å². The normalized spacial score (nSPS) is 23.8. The second-order valence-corrected chi connectivity index (χ2v) is 7.25. The van der Waals surface area contributed by atoms with Crippen molar-refractivity contribution < 1.29 is 0 Å². The molecule has 0 spiro atoms. The van der Waals surface area contributed by atoms with Gasteiger partial charge in [0.25, 0.3) is 0 Å². The van der Waals surface area contributed by atoms with Crippen molar-refractivity contribution in [1.82, 2.24) is 4.90 Å². The minimum absolute atomic E-state index is 0.582. The molecular weight excluding hydrogens is 302 g/mol. The number of benzene rings is 2. The summed E-state index contributed by atoms with van der Waals surface area (Å²) < 4.78 is 0. The van der Waals surface area contributed by atoms with Gasteiger partial charge in [-0.05, 0) is 60.6 Å². The molecule has 2 aliphatic rings. The lowest BCUT2D eigenvalue weighted by Crippen LogP contribution is -2.37. The Morgan fingerprint density at radius 3 is 2.65 bits per heavy atom. The van der Waals surface area contributed by atoms with Gasteiger partial charge in [0, 0.05) is 23.7 Å². The molecule has 0 N–H and O–H groups in total. The van der Waals surface area contributed by atoms with E-state index in [1.807, 2.05) is 6.07 Å². The van der Waals surface area contributed by atoms with E-state index >= 15 is 0 Å². The van der Waals surface area contributed by atoms with Crippen LogP contribution in [0.3, 0.4) is 0 Å². The molecule has 0 amide bonds. The average Bonchev–Trinajstić information content (AvgIpc) is 2.78. The van der Waals surface area contributed by atoms with Gasteiger partial charge < -0.3 is 0 Å². The Hall–Kier alpha value is -1.57. The minimum atomic E-state index is 0.582. The maximum atomic E-state index is 6.11. The van der Waals surface area contributed by atoms with Gasteiger partial charge in [-0.1, -0.05) is 54.1 Å². The molecule has 0 saturated carbocycles. The van der Waals surface area contributed by atoms with Crippen molar-refractivity contribution in [2.24, 2.45) is 0 Å². The first-order chi connectivity index (χ1) is 11.2. The second-order valence-electron chi connectivity index (χ2n) is 6.81. The number of nitrogens with zero attached hydrogens (tertiary/aromatic N) is 1. The van der Waals surface area contributed by atoms with Crippen LogP contribution in [0.2, 0.25) is 5.02 Å². The molecule has 2 unspecified atom stereocenters. The van der Waals surface area contributed by atoms with E-state index in [4.69, 9.17) is 11.6 Å². The van der Waals surface area contributed by atoms with E-state index in [1.54, 1.807) is 0 Å². The van der Waals surface area contributed by atoms with Crippen molar-refractivity contribution >= 4 is 17.2 Å². The van der Waals surface area contributed by atoms with Crippen LogP contribution in [0.1, 0.15) is 36.0 Å². The van der Waals surface area contributed by atoms with Gasteiger partial charge in [0.05, 0.1) is 0 Å². The summed E-state index contributed by atoms with van der Waals surface area (Å²) in [6.45, 7) is 3.24. The van der Waals surface area contributed by atoms with E-state index < -0.39 is 0 Å². The first kappa shape index (κ1) is 15.0. The molecule has 118 valence electrons. The summed E-state index contributed by atoms with van der Waals surface area (Å²) in [4.78, 5) is 2.68. The highest BCUT2D eigenvalue weighted by Crippen LogP contribution is 2.40. The van der Waals surface area contributed by atoms with Gasteiger partial charge in [-0.25, -0.2) is 0 Å². The largest absolute Gasteiger partial charge is 0.289 e. The lowest BCUT2D eigenvalue weighted by Gasteiger charge is -2.34. The molecule has 1 nitrogen and oxygen atoms in total. The molecule has 2 heterocycles. The predicted octanol–water partition coefficient (Wildman–Crippen LogP) is 5.47. The molecule has 2 aliphatic heterocycles. The van der Waals surface area contributed by atoms with Crippen LogP contribution in [0.25, 0.3) is 5.57 Å². The first-order valence-electron chi connectivity index (χ1n) is 8.47. The molecule has 4 rings (SSSR count). The van der Waals surface area contributed by atoms with Gasteiger partial charge >= 0.3 is 0 Å². The van der Waals surface area contributed by atoms with Gasteiger partial charge in [0.1, 0.15) is 0 Å².